The maximum absolute atomic E-state index is 13.9. The lowest BCUT2D eigenvalue weighted by Gasteiger charge is -2.32. The van der Waals surface area contributed by atoms with Crippen LogP contribution < -0.4 is 14.4 Å². The van der Waals surface area contributed by atoms with Gasteiger partial charge in [-0.15, -0.1) is 0 Å². The quantitative estimate of drug-likeness (QED) is 0.269. The highest BCUT2D eigenvalue weighted by Crippen LogP contribution is 2.28. The molecule has 0 spiro atoms. The molecule has 1 N–H and O–H groups in total. The van der Waals surface area contributed by atoms with Gasteiger partial charge in [-0.05, 0) is 73.5 Å². The SMILES string of the molecule is CNC(=O)[C@@H](C)N(Cc1ccccc1C)C(=O)CN(c1ccc(Oc2ccccc2)cc1)S(=O)(=O)c1ccccc1. The summed E-state index contributed by atoms with van der Waals surface area (Å²) < 4.78 is 34.7. The minimum atomic E-state index is -4.14. The van der Waals surface area contributed by atoms with Crippen LogP contribution in [-0.4, -0.2) is 44.8 Å². The second-order valence-corrected chi connectivity index (χ2v) is 11.3. The van der Waals surface area contributed by atoms with Gasteiger partial charge in [0.15, 0.2) is 0 Å². The Hall–Kier alpha value is -4.63. The maximum atomic E-state index is 13.9. The van der Waals surface area contributed by atoms with E-state index in [-0.39, 0.29) is 23.0 Å². The summed E-state index contributed by atoms with van der Waals surface area (Å²) in [4.78, 5) is 28.0. The number of sulfonamides is 1. The highest BCUT2D eigenvalue weighted by Gasteiger charge is 2.32. The molecule has 0 heterocycles. The molecular formula is C32H33N3O5S. The van der Waals surface area contributed by atoms with E-state index in [1.54, 1.807) is 49.4 Å². The van der Waals surface area contributed by atoms with Crippen molar-refractivity contribution in [2.75, 3.05) is 17.9 Å². The van der Waals surface area contributed by atoms with Gasteiger partial charge in [0.2, 0.25) is 11.8 Å². The Morgan fingerprint density at radius 3 is 1.98 bits per heavy atom. The normalized spacial score (nSPS) is 11.8. The molecule has 0 saturated carbocycles. The van der Waals surface area contributed by atoms with Crippen LogP contribution in [0.3, 0.4) is 0 Å². The first-order valence-electron chi connectivity index (χ1n) is 13.2. The predicted molar refractivity (Wildman–Crippen MR) is 159 cm³/mol. The first-order chi connectivity index (χ1) is 19.7. The summed E-state index contributed by atoms with van der Waals surface area (Å²) in [5, 5.41) is 2.59. The third-order valence-corrected chi connectivity index (χ3v) is 8.52. The fourth-order valence-electron chi connectivity index (χ4n) is 4.32. The largest absolute Gasteiger partial charge is 0.457 e. The van der Waals surface area contributed by atoms with Gasteiger partial charge >= 0.3 is 0 Å². The fraction of sp³-hybridized carbons (Fsp3) is 0.188. The van der Waals surface area contributed by atoms with Gasteiger partial charge in [0.1, 0.15) is 24.1 Å². The van der Waals surface area contributed by atoms with Crippen molar-refractivity contribution < 1.29 is 22.7 Å². The first-order valence-corrected chi connectivity index (χ1v) is 14.6. The van der Waals surface area contributed by atoms with Crippen LogP contribution in [0.25, 0.3) is 0 Å². The van der Waals surface area contributed by atoms with Crippen LogP contribution in [0, 0.1) is 6.92 Å². The molecule has 0 aliphatic heterocycles. The van der Waals surface area contributed by atoms with E-state index in [0.717, 1.165) is 15.4 Å². The van der Waals surface area contributed by atoms with Crippen LogP contribution in [0.4, 0.5) is 5.69 Å². The minimum absolute atomic E-state index is 0.0437. The summed E-state index contributed by atoms with van der Waals surface area (Å²) in [6, 6.07) is 30.4. The molecule has 0 saturated heterocycles. The number of anilines is 1. The standard InChI is InChI=1S/C32H33N3O5S/c1-24-12-10-11-13-26(24)22-34(25(2)32(37)33-3)31(36)23-35(41(38,39)30-16-8-5-9-17-30)27-18-20-29(21-19-27)40-28-14-6-4-7-15-28/h4-21,25H,22-23H2,1-3H3,(H,33,37)/t25-/m1/s1. The van der Waals surface area contributed by atoms with Gasteiger partial charge in [-0.25, -0.2) is 8.42 Å². The van der Waals surface area contributed by atoms with E-state index >= 15 is 0 Å². The lowest BCUT2D eigenvalue weighted by Crippen LogP contribution is -2.50. The lowest BCUT2D eigenvalue weighted by atomic mass is 10.1. The second-order valence-electron chi connectivity index (χ2n) is 9.47. The Bertz CT molecular complexity index is 1580. The summed E-state index contributed by atoms with van der Waals surface area (Å²) in [7, 11) is -2.64. The zero-order valence-electron chi connectivity index (χ0n) is 23.2. The van der Waals surface area contributed by atoms with E-state index < -0.39 is 28.5 Å². The molecule has 0 unspecified atom stereocenters. The van der Waals surface area contributed by atoms with Gasteiger partial charge < -0.3 is 15.0 Å². The molecule has 1 atom stereocenters. The highest BCUT2D eigenvalue weighted by atomic mass is 32.2. The molecule has 41 heavy (non-hydrogen) atoms. The summed E-state index contributed by atoms with van der Waals surface area (Å²) in [6.07, 6.45) is 0. The van der Waals surface area contributed by atoms with Crippen LogP contribution in [0.1, 0.15) is 18.1 Å². The molecule has 0 radical (unpaired) electrons. The number of carbonyl (C=O) groups is 2. The number of rotatable bonds is 11. The van der Waals surface area contributed by atoms with Crippen molar-refractivity contribution in [2.45, 2.75) is 31.3 Å². The Kier molecular flexibility index (Phi) is 9.41. The van der Waals surface area contributed by atoms with Crippen LogP contribution in [0.5, 0.6) is 11.5 Å². The number of hydrogen-bond acceptors (Lipinski definition) is 5. The van der Waals surface area contributed by atoms with Crippen LogP contribution in [-0.2, 0) is 26.2 Å². The van der Waals surface area contributed by atoms with Crippen molar-refractivity contribution in [1.29, 1.82) is 0 Å². The van der Waals surface area contributed by atoms with Crippen molar-refractivity contribution in [3.05, 3.63) is 120 Å². The number of benzene rings is 4. The number of carbonyl (C=O) groups excluding carboxylic acids is 2. The van der Waals surface area contributed by atoms with Crippen LogP contribution in [0.2, 0.25) is 0 Å². The molecular weight excluding hydrogens is 538 g/mol. The second kappa shape index (κ2) is 13.1. The summed E-state index contributed by atoms with van der Waals surface area (Å²) in [5.74, 6) is 0.275. The third-order valence-electron chi connectivity index (χ3n) is 6.73. The van der Waals surface area contributed by atoms with Gasteiger partial charge in [0, 0.05) is 13.6 Å². The van der Waals surface area contributed by atoms with Crippen LogP contribution in [0.15, 0.2) is 114 Å². The number of amides is 2. The lowest BCUT2D eigenvalue weighted by molar-refractivity contribution is -0.139. The average molecular weight is 572 g/mol. The van der Waals surface area contributed by atoms with Gasteiger partial charge in [0.25, 0.3) is 10.0 Å². The number of aryl methyl sites for hydroxylation is 1. The molecule has 0 bridgehead atoms. The summed E-state index contributed by atoms with van der Waals surface area (Å²) in [5.41, 5.74) is 2.10. The van der Waals surface area contributed by atoms with E-state index in [1.165, 1.54) is 24.1 Å². The van der Waals surface area contributed by atoms with E-state index in [2.05, 4.69) is 5.32 Å². The zero-order chi connectivity index (χ0) is 29.4. The Morgan fingerprint density at radius 1 is 0.805 bits per heavy atom. The highest BCUT2D eigenvalue weighted by molar-refractivity contribution is 7.92. The molecule has 8 nitrogen and oxygen atoms in total. The molecule has 4 aromatic rings. The van der Waals surface area contributed by atoms with Gasteiger partial charge in [0.05, 0.1) is 10.6 Å². The van der Waals surface area contributed by atoms with Crippen molar-refractivity contribution >= 4 is 27.5 Å². The number of likely N-dealkylation sites (N-methyl/N-ethyl adjacent to an activating group) is 1. The fourth-order valence-corrected chi connectivity index (χ4v) is 5.75. The first kappa shape index (κ1) is 29.4. The molecule has 2 amide bonds. The molecule has 0 aromatic heterocycles. The van der Waals surface area contributed by atoms with Crippen molar-refractivity contribution in [1.82, 2.24) is 10.2 Å². The number of para-hydroxylation sites is 1. The topological polar surface area (TPSA) is 96.0 Å². The molecule has 0 aliphatic rings. The average Bonchev–Trinajstić information content (AvgIpc) is 3.00. The Morgan fingerprint density at radius 2 is 1.37 bits per heavy atom. The Balaban J connectivity index is 1.69. The van der Waals surface area contributed by atoms with Gasteiger partial charge in [-0.1, -0.05) is 60.7 Å². The monoisotopic (exact) mass is 571 g/mol. The van der Waals surface area contributed by atoms with E-state index in [4.69, 9.17) is 4.74 Å². The van der Waals surface area contributed by atoms with E-state index in [9.17, 15) is 18.0 Å². The summed E-state index contributed by atoms with van der Waals surface area (Å²) in [6.45, 7) is 3.18. The smallest absolute Gasteiger partial charge is 0.264 e. The van der Waals surface area contributed by atoms with Gasteiger partial charge in [-0.3, -0.25) is 13.9 Å². The predicted octanol–water partition coefficient (Wildman–Crippen LogP) is 5.15. The van der Waals surface area contributed by atoms with Crippen molar-refractivity contribution in [2.24, 2.45) is 0 Å². The molecule has 9 heteroatoms. The number of nitrogens with zero attached hydrogens (tertiary/aromatic N) is 2. The Labute approximate surface area is 241 Å². The molecule has 4 aromatic carbocycles. The number of ether oxygens (including phenoxy) is 1. The van der Waals surface area contributed by atoms with E-state index in [0.29, 0.717) is 11.5 Å². The zero-order valence-corrected chi connectivity index (χ0v) is 24.0. The molecule has 4 rings (SSSR count). The number of nitrogens with one attached hydrogen (secondary N) is 1. The van der Waals surface area contributed by atoms with Crippen LogP contribution >= 0.6 is 0 Å². The van der Waals surface area contributed by atoms with Gasteiger partial charge in [-0.2, -0.15) is 0 Å². The molecule has 212 valence electrons. The third kappa shape index (κ3) is 7.12. The summed E-state index contributed by atoms with van der Waals surface area (Å²) >= 11 is 0. The molecule has 0 aliphatic carbocycles. The maximum Gasteiger partial charge on any atom is 0.264 e. The van der Waals surface area contributed by atoms with Crippen molar-refractivity contribution in [3.63, 3.8) is 0 Å². The molecule has 0 fully saturated rings. The van der Waals surface area contributed by atoms with E-state index in [1.807, 2.05) is 61.5 Å². The van der Waals surface area contributed by atoms with Crippen molar-refractivity contribution in [3.8, 4) is 11.5 Å². The number of hydrogen-bond donors (Lipinski definition) is 1. The minimum Gasteiger partial charge on any atom is -0.457 e.